The number of nitrogens with one attached hydrogen (secondary N) is 1. The van der Waals surface area contributed by atoms with Gasteiger partial charge in [-0.15, -0.1) is 0 Å². The molecule has 1 aliphatic rings. The van der Waals surface area contributed by atoms with Gasteiger partial charge in [0.05, 0.1) is 0 Å². The minimum absolute atomic E-state index is 0.00622. The Morgan fingerprint density at radius 1 is 1.25 bits per heavy atom. The van der Waals surface area contributed by atoms with Crippen molar-refractivity contribution in [2.24, 2.45) is 0 Å². The average molecular weight is 331 g/mol. The van der Waals surface area contributed by atoms with E-state index >= 15 is 0 Å². The molecule has 6 nitrogen and oxygen atoms in total. The molecule has 3 amide bonds. The summed E-state index contributed by atoms with van der Waals surface area (Å²) < 4.78 is 0. The van der Waals surface area contributed by atoms with E-state index < -0.39 is 6.04 Å². The molecule has 1 N–H and O–H groups in total. The summed E-state index contributed by atoms with van der Waals surface area (Å²) in [5.74, 6) is -0.199. The van der Waals surface area contributed by atoms with Crippen LogP contribution in [0, 0.1) is 0 Å². The summed E-state index contributed by atoms with van der Waals surface area (Å²) in [6, 6.07) is 5.19. The van der Waals surface area contributed by atoms with Gasteiger partial charge in [-0.2, -0.15) is 0 Å². The molecule has 0 saturated carbocycles. The number of amides is 3. The Bertz CT molecular complexity index is 655. The summed E-state index contributed by atoms with van der Waals surface area (Å²) >= 11 is 0. The zero-order chi connectivity index (χ0) is 17.9. The van der Waals surface area contributed by atoms with Crippen LogP contribution in [-0.2, 0) is 27.3 Å². The number of anilines is 1. The molecule has 0 saturated heterocycles. The summed E-state index contributed by atoms with van der Waals surface area (Å²) in [4.78, 5) is 39.4. The van der Waals surface area contributed by atoms with E-state index in [9.17, 15) is 14.4 Å². The van der Waals surface area contributed by atoms with Gasteiger partial charge in [0.1, 0.15) is 6.04 Å². The molecule has 24 heavy (non-hydrogen) atoms. The molecule has 6 heteroatoms. The number of hydrogen-bond donors (Lipinski definition) is 1. The Balaban J connectivity index is 2.34. The van der Waals surface area contributed by atoms with Crippen LogP contribution >= 0.6 is 0 Å². The second-order valence-corrected chi connectivity index (χ2v) is 6.39. The van der Waals surface area contributed by atoms with Crippen LogP contribution in [0.4, 0.5) is 5.69 Å². The van der Waals surface area contributed by atoms with Crippen LogP contribution in [-0.4, -0.2) is 47.7 Å². The Kier molecular flexibility index (Phi) is 5.59. The normalized spacial score (nSPS) is 16.3. The van der Waals surface area contributed by atoms with Gasteiger partial charge in [-0.25, -0.2) is 0 Å². The molecule has 0 unspecified atom stereocenters. The predicted octanol–water partition coefficient (Wildman–Crippen LogP) is 1.79. The fourth-order valence-electron chi connectivity index (χ4n) is 3.00. The first-order valence-electron chi connectivity index (χ1n) is 8.23. The van der Waals surface area contributed by atoms with Crippen LogP contribution in [0.25, 0.3) is 0 Å². The quantitative estimate of drug-likeness (QED) is 0.914. The lowest BCUT2D eigenvalue weighted by molar-refractivity contribution is -0.145. The molecule has 2 rings (SSSR count). The highest BCUT2D eigenvalue weighted by atomic mass is 16.2. The highest BCUT2D eigenvalue weighted by Crippen LogP contribution is 2.27. The smallest absolute Gasteiger partial charge is 0.245 e. The molecule has 1 heterocycles. The molecule has 1 aliphatic heterocycles. The largest absolute Gasteiger partial charge is 0.347 e. The molecule has 1 aromatic rings. The van der Waals surface area contributed by atoms with Gasteiger partial charge in [0, 0.05) is 46.1 Å². The van der Waals surface area contributed by atoms with Crippen molar-refractivity contribution in [3.8, 4) is 0 Å². The summed E-state index contributed by atoms with van der Waals surface area (Å²) in [6.45, 7) is 3.81. The highest BCUT2D eigenvalue weighted by Gasteiger charge is 2.35. The highest BCUT2D eigenvalue weighted by molar-refractivity contribution is 5.90. The summed E-state index contributed by atoms with van der Waals surface area (Å²) in [6.07, 6.45) is 1.68. The lowest BCUT2D eigenvalue weighted by Gasteiger charge is -2.37. The average Bonchev–Trinajstić information content (AvgIpc) is 2.52. The number of nitrogens with zero attached hydrogens (tertiary/aromatic N) is 2. The molecule has 0 fully saturated rings. The Morgan fingerprint density at radius 3 is 2.54 bits per heavy atom. The molecule has 1 atom stereocenters. The van der Waals surface area contributed by atoms with E-state index in [1.807, 2.05) is 25.1 Å². The molecular weight excluding hydrogens is 306 g/mol. The third-order valence-electron chi connectivity index (χ3n) is 4.17. The lowest BCUT2D eigenvalue weighted by Crippen LogP contribution is -2.52. The van der Waals surface area contributed by atoms with Crippen LogP contribution < -0.4 is 5.32 Å². The summed E-state index contributed by atoms with van der Waals surface area (Å²) in [5, 5.41) is 2.76. The molecule has 0 aromatic heterocycles. The topological polar surface area (TPSA) is 69.7 Å². The van der Waals surface area contributed by atoms with Crippen LogP contribution in [0.3, 0.4) is 0 Å². The van der Waals surface area contributed by atoms with E-state index in [0.717, 1.165) is 17.5 Å². The maximum Gasteiger partial charge on any atom is 0.245 e. The third-order valence-corrected chi connectivity index (χ3v) is 4.17. The van der Waals surface area contributed by atoms with Gasteiger partial charge in [-0.05, 0) is 29.7 Å². The van der Waals surface area contributed by atoms with Crippen molar-refractivity contribution in [1.29, 1.82) is 0 Å². The van der Waals surface area contributed by atoms with E-state index in [-0.39, 0.29) is 17.7 Å². The second-order valence-electron chi connectivity index (χ2n) is 6.39. The van der Waals surface area contributed by atoms with Crippen LogP contribution in [0.1, 0.15) is 37.8 Å². The van der Waals surface area contributed by atoms with Crippen LogP contribution in [0.5, 0.6) is 0 Å². The minimum atomic E-state index is -0.460. The number of hydrogen-bond acceptors (Lipinski definition) is 3. The van der Waals surface area contributed by atoms with Crippen molar-refractivity contribution in [1.82, 2.24) is 9.80 Å². The van der Waals surface area contributed by atoms with Crippen LogP contribution in [0.15, 0.2) is 18.2 Å². The van der Waals surface area contributed by atoms with E-state index in [0.29, 0.717) is 25.1 Å². The van der Waals surface area contributed by atoms with Crippen molar-refractivity contribution in [3.63, 3.8) is 0 Å². The van der Waals surface area contributed by atoms with Crippen molar-refractivity contribution in [2.75, 3.05) is 19.4 Å². The van der Waals surface area contributed by atoms with Gasteiger partial charge in [0.25, 0.3) is 0 Å². The Hall–Kier alpha value is -2.37. The number of benzene rings is 1. The molecular formula is C18H25N3O3. The van der Waals surface area contributed by atoms with Gasteiger partial charge in [0.2, 0.25) is 17.7 Å². The minimum Gasteiger partial charge on any atom is -0.347 e. The first-order chi connectivity index (χ1) is 11.3. The monoisotopic (exact) mass is 331 g/mol. The molecule has 130 valence electrons. The summed E-state index contributed by atoms with van der Waals surface area (Å²) in [5.41, 5.74) is 2.74. The van der Waals surface area contributed by atoms with Crippen LogP contribution in [0.2, 0.25) is 0 Å². The SMILES string of the molecule is CCCC(=O)N1Cc2cc(NC(C)=O)ccc2C[C@H]1C(=O)N(C)C. The van der Waals surface area contributed by atoms with Crippen molar-refractivity contribution < 1.29 is 14.4 Å². The van der Waals surface area contributed by atoms with Crippen molar-refractivity contribution in [2.45, 2.75) is 45.7 Å². The molecule has 0 spiro atoms. The first kappa shape index (κ1) is 18.0. The van der Waals surface area contributed by atoms with Gasteiger partial charge < -0.3 is 15.1 Å². The van der Waals surface area contributed by atoms with Crippen molar-refractivity contribution in [3.05, 3.63) is 29.3 Å². The fraction of sp³-hybridized carbons (Fsp3) is 0.500. The lowest BCUT2D eigenvalue weighted by atomic mass is 9.92. The summed E-state index contributed by atoms with van der Waals surface area (Å²) in [7, 11) is 3.42. The number of likely N-dealkylation sites (N-methyl/N-ethyl adjacent to an activating group) is 1. The Morgan fingerprint density at radius 2 is 1.96 bits per heavy atom. The van der Waals surface area contributed by atoms with E-state index in [2.05, 4.69) is 5.32 Å². The van der Waals surface area contributed by atoms with Gasteiger partial charge in [-0.3, -0.25) is 14.4 Å². The third kappa shape index (κ3) is 3.93. The molecule has 0 aliphatic carbocycles. The van der Waals surface area contributed by atoms with Gasteiger partial charge in [0.15, 0.2) is 0 Å². The standard InChI is InChI=1S/C18H25N3O3/c1-5-6-17(23)21-11-14-9-15(19-12(2)22)8-7-13(14)10-16(21)18(24)20(3)4/h7-9,16H,5-6,10-11H2,1-4H3,(H,19,22)/t16-/m0/s1. The number of carbonyl (C=O) groups excluding carboxylic acids is 3. The molecule has 1 aromatic carbocycles. The van der Waals surface area contributed by atoms with E-state index in [4.69, 9.17) is 0 Å². The van der Waals surface area contributed by atoms with E-state index in [1.54, 1.807) is 19.0 Å². The molecule has 0 bridgehead atoms. The zero-order valence-electron chi connectivity index (χ0n) is 14.8. The Labute approximate surface area is 142 Å². The fourth-order valence-corrected chi connectivity index (χ4v) is 3.00. The zero-order valence-corrected chi connectivity index (χ0v) is 14.8. The maximum atomic E-state index is 12.5. The number of fused-ring (bicyclic) bond motifs is 1. The van der Waals surface area contributed by atoms with E-state index in [1.165, 1.54) is 11.8 Å². The number of carbonyl (C=O) groups is 3. The first-order valence-corrected chi connectivity index (χ1v) is 8.23. The predicted molar refractivity (Wildman–Crippen MR) is 92.4 cm³/mol. The maximum absolute atomic E-state index is 12.5. The van der Waals surface area contributed by atoms with Crippen molar-refractivity contribution >= 4 is 23.4 Å². The van der Waals surface area contributed by atoms with Gasteiger partial charge in [-0.1, -0.05) is 13.0 Å². The number of rotatable bonds is 4. The molecule has 0 radical (unpaired) electrons. The van der Waals surface area contributed by atoms with Gasteiger partial charge >= 0.3 is 0 Å². The second kappa shape index (κ2) is 7.47.